The second-order valence-corrected chi connectivity index (χ2v) is 3.55. The van der Waals surface area contributed by atoms with Gasteiger partial charge in [0.15, 0.2) is 0 Å². The molecule has 0 spiro atoms. The van der Waals surface area contributed by atoms with Crippen molar-refractivity contribution in [1.82, 2.24) is 9.80 Å². The number of hydrogen-bond donors (Lipinski definition) is 1. The first-order chi connectivity index (χ1) is 6.57. The van der Waals surface area contributed by atoms with E-state index in [9.17, 15) is 9.59 Å². The Labute approximate surface area is 83.8 Å². The van der Waals surface area contributed by atoms with Gasteiger partial charge in [-0.1, -0.05) is 13.3 Å². The lowest BCUT2D eigenvalue weighted by atomic mass is 10.2. The van der Waals surface area contributed by atoms with Gasteiger partial charge in [-0.15, -0.1) is 0 Å². The van der Waals surface area contributed by atoms with Crippen molar-refractivity contribution >= 4 is 11.9 Å². The number of carbonyl (C=O) groups excluding carboxylic acids is 2. The van der Waals surface area contributed by atoms with E-state index in [0.29, 0.717) is 6.54 Å². The standard InChI is InChI=1S/C9H17N3O2/c1-3-4-5-12-7(10)6-8(13)11(2)9(12)14/h7H,3-6,10H2,1-2H3. The summed E-state index contributed by atoms with van der Waals surface area (Å²) in [6.07, 6.45) is 1.71. The summed E-state index contributed by atoms with van der Waals surface area (Å²) in [5.74, 6) is -0.199. The number of rotatable bonds is 3. The molecule has 1 atom stereocenters. The molecule has 3 amide bonds. The van der Waals surface area contributed by atoms with E-state index in [0.717, 1.165) is 17.7 Å². The van der Waals surface area contributed by atoms with Crippen LogP contribution in [0.25, 0.3) is 0 Å². The van der Waals surface area contributed by atoms with Crippen LogP contribution in [0.5, 0.6) is 0 Å². The van der Waals surface area contributed by atoms with Crippen LogP contribution in [0.15, 0.2) is 0 Å². The number of amides is 3. The average molecular weight is 199 g/mol. The van der Waals surface area contributed by atoms with Crippen LogP contribution in [0.3, 0.4) is 0 Å². The normalized spacial score (nSPS) is 23.2. The predicted octanol–water partition coefficient (Wildman–Crippen LogP) is 0.355. The molecule has 1 rings (SSSR count). The van der Waals surface area contributed by atoms with Crippen molar-refractivity contribution in [2.24, 2.45) is 5.73 Å². The monoisotopic (exact) mass is 199 g/mol. The van der Waals surface area contributed by atoms with Crippen LogP contribution in [0, 0.1) is 0 Å². The van der Waals surface area contributed by atoms with Crippen molar-refractivity contribution in [3.8, 4) is 0 Å². The molecule has 14 heavy (non-hydrogen) atoms. The minimum Gasteiger partial charge on any atom is -0.311 e. The summed E-state index contributed by atoms with van der Waals surface area (Å²) in [4.78, 5) is 25.5. The van der Waals surface area contributed by atoms with Crippen LogP contribution >= 0.6 is 0 Å². The van der Waals surface area contributed by atoms with Crippen LogP contribution in [0.1, 0.15) is 26.2 Å². The van der Waals surface area contributed by atoms with Crippen molar-refractivity contribution in [3.63, 3.8) is 0 Å². The Balaban J connectivity index is 2.64. The molecule has 5 heteroatoms. The molecule has 80 valence electrons. The highest BCUT2D eigenvalue weighted by molar-refractivity contribution is 5.96. The molecule has 0 aliphatic carbocycles. The number of imide groups is 1. The van der Waals surface area contributed by atoms with E-state index in [-0.39, 0.29) is 18.4 Å². The summed E-state index contributed by atoms with van der Waals surface area (Å²) in [5.41, 5.74) is 5.72. The van der Waals surface area contributed by atoms with E-state index < -0.39 is 6.17 Å². The molecule has 1 aliphatic heterocycles. The minimum atomic E-state index is -0.447. The van der Waals surface area contributed by atoms with E-state index in [1.807, 2.05) is 0 Å². The van der Waals surface area contributed by atoms with E-state index in [4.69, 9.17) is 5.73 Å². The van der Waals surface area contributed by atoms with Crippen LogP contribution < -0.4 is 5.73 Å². The van der Waals surface area contributed by atoms with Gasteiger partial charge in [-0.2, -0.15) is 0 Å². The van der Waals surface area contributed by atoms with Crippen LogP contribution in [-0.2, 0) is 4.79 Å². The molecule has 5 nitrogen and oxygen atoms in total. The Morgan fingerprint density at radius 3 is 2.71 bits per heavy atom. The summed E-state index contributed by atoms with van der Waals surface area (Å²) in [7, 11) is 1.50. The summed E-state index contributed by atoms with van der Waals surface area (Å²) in [6, 6.07) is -0.276. The molecule has 1 fully saturated rings. The molecule has 0 saturated carbocycles. The van der Waals surface area contributed by atoms with E-state index in [2.05, 4.69) is 6.92 Å². The number of unbranched alkanes of at least 4 members (excludes halogenated alkanes) is 1. The van der Waals surface area contributed by atoms with Crippen molar-refractivity contribution < 1.29 is 9.59 Å². The summed E-state index contributed by atoms with van der Waals surface area (Å²) in [6.45, 7) is 2.68. The van der Waals surface area contributed by atoms with E-state index >= 15 is 0 Å². The van der Waals surface area contributed by atoms with Gasteiger partial charge in [-0.3, -0.25) is 9.69 Å². The SMILES string of the molecule is CCCCN1C(=O)N(C)C(=O)CC1N. The molecule has 0 radical (unpaired) electrons. The van der Waals surface area contributed by atoms with Gasteiger partial charge < -0.3 is 10.6 Å². The molecule has 1 unspecified atom stereocenters. The maximum Gasteiger partial charge on any atom is 0.327 e. The third kappa shape index (κ3) is 2.04. The van der Waals surface area contributed by atoms with Gasteiger partial charge in [0.25, 0.3) is 0 Å². The lowest BCUT2D eigenvalue weighted by molar-refractivity contribution is -0.131. The number of nitrogens with zero attached hydrogens (tertiary/aromatic N) is 2. The smallest absolute Gasteiger partial charge is 0.311 e. The maximum atomic E-state index is 11.6. The molecule has 0 bridgehead atoms. The van der Waals surface area contributed by atoms with Crippen molar-refractivity contribution in [2.75, 3.05) is 13.6 Å². The van der Waals surface area contributed by atoms with Gasteiger partial charge in [0.2, 0.25) is 5.91 Å². The Morgan fingerprint density at radius 2 is 2.14 bits per heavy atom. The van der Waals surface area contributed by atoms with Gasteiger partial charge in [-0.25, -0.2) is 4.79 Å². The van der Waals surface area contributed by atoms with Crippen LogP contribution in [0.2, 0.25) is 0 Å². The molecule has 0 aromatic heterocycles. The van der Waals surface area contributed by atoms with Gasteiger partial charge in [0.05, 0.1) is 12.6 Å². The Bertz CT molecular complexity index is 242. The number of carbonyl (C=O) groups is 2. The summed E-state index contributed by atoms with van der Waals surface area (Å²) < 4.78 is 0. The molecule has 0 aromatic rings. The fourth-order valence-electron chi connectivity index (χ4n) is 1.46. The second-order valence-electron chi connectivity index (χ2n) is 3.55. The second kappa shape index (κ2) is 4.41. The van der Waals surface area contributed by atoms with E-state index in [1.165, 1.54) is 7.05 Å². The first kappa shape index (κ1) is 11.0. The molecule has 1 heterocycles. The highest BCUT2D eigenvalue weighted by Gasteiger charge is 2.33. The first-order valence-corrected chi connectivity index (χ1v) is 4.90. The quantitative estimate of drug-likeness (QED) is 0.713. The van der Waals surface area contributed by atoms with Gasteiger partial charge in [-0.05, 0) is 6.42 Å². The van der Waals surface area contributed by atoms with Crippen molar-refractivity contribution in [3.05, 3.63) is 0 Å². The highest BCUT2D eigenvalue weighted by atomic mass is 16.2. The van der Waals surface area contributed by atoms with Crippen molar-refractivity contribution in [2.45, 2.75) is 32.4 Å². The Morgan fingerprint density at radius 1 is 1.50 bits per heavy atom. The lowest BCUT2D eigenvalue weighted by Gasteiger charge is -2.36. The molecule has 1 saturated heterocycles. The van der Waals surface area contributed by atoms with Crippen molar-refractivity contribution in [1.29, 1.82) is 0 Å². The number of nitrogens with two attached hydrogens (primary N) is 1. The maximum absolute atomic E-state index is 11.6. The topological polar surface area (TPSA) is 66.6 Å². The fourth-order valence-corrected chi connectivity index (χ4v) is 1.46. The number of urea groups is 1. The summed E-state index contributed by atoms with van der Waals surface area (Å²) in [5, 5.41) is 0. The largest absolute Gasteiger partial charge is 0.327 e. The average Bonchev–Trinajstić information content (AvgIpc) is 2.14. The lowest BCUT2D eigenvalue weighted by Crippen LogP contribution is -2.58. The van der Waals surface area contributed by atoms with Crippen LogP contribution in [-0.4, -0.2) is 41.5 Å². The molecular weight excluding hydrogens is 182 g/mol. The molecule has 2 N–H and O–H groups in total. The number of hydrogen-bond acceptors (Lipinski definition) is 3. The van der Waals surface area contributed by atoms with Crippen LogP contribution in [0.4, 0.5) is 4.79 Å². The first-order valence-electron chi connectivity index (χ1n) is 4.90. The zero-order valence-electron chi connectivity index (χ0n) is 8.69. The van der Waals surface area contributed by atoms with E-state index in [1.54, 1.807) is 4.90 Å². The zero-order chi connectivity index (χ0) is 10.7. The molecule has 1 aliphatic rings. The van der Waals surface area contributed by atoms with Gasteiger partial charge >= 0.3 is 6.03 Å². The zero-order valence-corrected chi connectivity index (χ0v) is 8.69. The Hall–Kier alpha value is -1.10. The predicted molar refractivity (Wildman–Crippen MR) is 52.4 cm³/mol. The van der Waals surface area contributed by atoms with Gasteiger partial charge in [0, 0.05) is 13.6 Å². The third-order valence-corrected chi connectivity index (χ3v) is 2.44. The Kier molecular flexibility index (Phi) is 3.46. The summed E-state index contributed by atoms with van der Waals surface area (Å²) >= 11 is 0. The minimum absolute atomic E-state index is 0.199. The third-order valence-electron chi connectivity index (χ3n) is 2.44. The van der Waals surface area contributed by atoms with Gasteiger partial charge in [0.1, 0.15) is 0 Å². The fraction of sp³-hybridized carbons (Fsp3) is 0.778. The highest BCUT2D eigenvalue weighted by Crippen LogP contribution is 2.13. The molecule has 0 aromatic carbocycles. The molecular formula is C9H17N3O2.